The van der Waals surface area contributed by atoms with Crippen molar-refractivity contribution in [3.8, 4) is 0 Å². The van der Waals surface area contributed by atoms with Gasteiger partial charge in [0.1, 0.15) is 0 Å². The first-order chi connectivity index (χ1) is 4.59. The highest BCUT2D eigenvalue weighted by Gasteiger charge is 2.51. The molecule has 0 aromatic rings. The van der Waals surface area contributed by atoms with E-state index < -0.39 is 9.24 Å². The summed E-state index contributed by atoms with van der Waals surface area (Å²) in [4.78, 5) is 0. The van der Waals surface area contributed by atoms with E-state index in [-0.39, 0.29) is 6.04 Å². The number of hydrogen-bond donors (Lipinski definition) is 0. The second kappa shape index (κ2) is 1.87. The normalized spacial score (nSPS) is 39.7. The van der Waals surface area contributed by atoms with Crippen LogP contribution >= 0.6 is 10.7 Å². The molecule has 58 valence electrons. The zero-order valence-electron chi connectivity index (χ0n) is 5.33. The summed E-state index contributed by atoms with van der Waals surface area (Å²) in [6.07, 6.45) is 2.02. The molecule has 10 heavy (non-hydrogen) atoms. The van der Waals surface area contributed by atoms with Gasteiger partial charge in [-0.25, -0.2) is 0 Å². The van der Waals surface area contributed by atoms with Gasteiger partial charge in [0.2, 0.25) is 0 Å². The van der Waals surface area contributed by atoms with Crippen molar-refractivity contribution in [2.45, 2.75) is 18.9 Å². The average Bonchev–Trinajstić information content (AvgIpc) is 2.40. The first-order valence-electron chi connectivity index (χ1n) is 3.30. The lowest BCUT2D eigenvalue weighted by molar-refractivity contribution is 0.455. The number of fused-ring (bicyclic) bond motifs is 1. The Morgan fingerprint density at radius 3 is 2.40 bits per heavy atom. The zero-order valence-corrected chi connectivity index (χ0v) is 6.90. The summed E-state index contributed by atoms with van der Waals surface area (Å²) >= 11 is 0. The second-order valence-electron chi connectivity index (χ2n) is 2.90. The topological polar surface area (TPSA) is 37.4 Å². The first-order valence-corrected chi connectivity index (χ1v) is 5.57. The maximum atomic E-state index is 10.8. The third-order valence-corrected chi connectivity index (χ3v) is 3.80. The molecule has 5 heteroatoms. The van der Waals surface area contributed by atoms with Crippen molar-refractivity contribution in [1.82, 2.24) is 4.31 Å². The Labute approximate surface area is 64.5 Å². The van der Waals surface area contributed by atoms with Gasteiger partial charge in [0.05, 0.1) is 0 Å². The Kier molecular flexibility index (Phi) is 1.29. The molecule has 0 bridgehead atoms. The van der Waals surface area contributed by atoms with Gasteiger partial charge in [-0.15, -0.1) is 0 Å². The van der Waals surface area contributed by atoms with Crippen molar-refractivity contribution in [2.75, 3.05) is 6.54 Å². The van der Waals surface area contributed by atoms with Gasteiger partial charge in [-0.05, 0) is 18.8 Å². The Balaban J connectivity index is 2.20. The lowest BCUT2D eigenvalue weighted by atomic mass is 10.3. The summed E-state index contributed by atoms with van der Waals surface area (Å²) < 4.78 is 22.9. The van der Waals surface area contributed by atoms with Gasteiger partial charge in [0, 0.05) is 23.3 Å². The molecule has 1 saturated heterocycles. The van der Waals surface area contributed by atoms with Gasteiger partial charge >= 0.3 is 0 Å². The monoisotopic (exact) mass is 181 g/mol. The van der Waals surface area contributed by atoms with Crippen LogP contribution in [0.5, 0.6) is 0 Å². The van der Waals surface area contributed by atoms with E-state index in [0.717, 1.165) is 12.8 Å². The van der Waals surface area contributed by atoms with E-state index in [2.05, 4.69) is 0 Å². The van der Waals surface area contributed by atoms with Crippen LogP contribution in [0, 0.1) is 5.92 Å². The molecule has 2 atom stereocenters. The Morgan fingerprint density at radius 1 is 1.50 bits per heavy atom. The third kappa shape index (κ3) is 0.946. The summed E-state index contributed by atoms with van der Waals surface area (Å²) in [5, 5.41) is 0. The van der Waals surface area contributed by atoms with Crippen LogP contribution in [0.15, 0.2) is 0 Å². The minimum absolute atomic E-state index is 0.252. The van der Waals surface area contributed by atoms with Crippen LogP contribution in [0.25, 0.3) is 0 Å². The lowest BCUT2D eigenvalue weighted by Gasteiger charge is -2.11. The maximum absolute atomic E-state index is 10.8. The molecule has 1 aliphatic carbocycles. The molecule has 0 amide bonds. The smallest absolute Gasteiger partial charge is 0.195 e. The van der Waals surface area contributed by atoms with Crippen LogP contribution in [0.3, 0.4) is 0 Å². The maximum Gasteiger partial charge on any atom is 0.300 e. The summed E-state index contributed by atoms with van der Waals surface area (Å²) in [6.45, 7) is 0.626. The van der Waals surface area contributed by atoms with Crippen LogP contribution in [0.4, 0.5) is 0 Å². The standard InChI is InChI=1S/C5H8ClNO2S/c6-10(8,9)7-2-1-4-3-5(4)7/h4-5H,1-3H2. The highest BCUT2D eigenvalue weighted by Crippen LogP contribution is 2.46. The molecule has 2 unspecified atom stereocenters. The molecule has 0 spiro atoms. The second-order valence-corrected chi connectivity index (χ2v) is 5.37. The van der Waals surface area contributed by atoms with Gasteiger partial charge in [0.25, 0.3) is 9.24 Å². The van der Waals surface area contributed by atoms with Gasteiger partial charge in [-0.3, -0.25) is 0 Å². The van der Waals surface area contributed by atoms with E-state index in [1.54, 1.807) is 0 Å². The van der Waals surface area contributed by atoms with Gasteiger partial charge < -0.3 is 0 Å². The summed E-state index contributed by atoms with van der Waals surface area (Å²) in [5.74, 6) is 0.619. The third-order valence-electron chi connectivity index (χ3n) is 2.26. The quantitative estimate of drug-likeness (QED) is 0.555. The summed E-state index contributed by atoms with van der Waals surface area (Å²) in [5.41, 5.74) is 0. The summed E-state index contributed by atoms with van der Waals surface area (Å²) in [6, 6.07) is 0.252. The van der Waals surface area contributed by atoms with E-state index in [9.17, 15) is 8.42 Å². The molecular formula is C5H8ClNO2S. The molecule has 2 aliphatic rings. The van der Waals surface area contributed by atoms with Crippen molar-refractivity contribution < 1.29 is 8.42 Å². The molecule has 2 fully saturated rings. The molecule has 0 N–H and O–H groups in total. The fraction of sp³-hybridized carbons (Fsp3) is 1.00. The van der Waals surface area contributed by atoms with E-state index in [1.807, 2.05) is 0 Å². The number of rotatable bonds is 1. The van der Waals surface area contributed by atoms with Gasteiger partial charge in [-0.1, -0.05) is 0 Å². The fourth-order valence-electron chi connectivity index (χ4n) is 1.62. The van der Waals surface area contributed by atoms with Crippen LogP contribution in [-0.4, -0.2) is 25.3 Å². The molecule has 3 nitrogen and oxygen atoms in total. The zero-order chi connectivity index (χ0) is 7.35. The van der Waals surface area contributed by atoms with Crippen molar-refractivity contribution in [1.29, 1.82) is 0 Å². The number of hydrogen-bond acceptors (Lipinski definition) is 2. The van der Waals surface area contributed by atoms with Crippen molar-refractivity contribution in [3.05, 3.63) is 0 Å². The highest BCUT2D eigenvalue weighted by atomic mass is 35.7. The first kappa shape index (κ1) is 6.88. The van der Waals surface area contributed by atoms with Gasteiger partial charge in [-0.2, -0.15) is 12.7 Å². The summed E-state index contributed by atoms with van der Waals surface area (Å²) in [7, 11) is 1.75. The SMILES string of the molecule is O=S(=O)(Cl)N1CCC2CC21. The Morgan fingerprint density at radius 2 is 2.20 bits per heavy atom. The molecule has 2 rings (SSSR count). The molecule has 1 aliphatic heterocycles. The van der Waals surface area contributed by atoms with Crippen molar-refractivity contribution >= 4 is 19.9 Å². The minimum atomic E-state index is -3.40. The number of nitrogens with zero attached hydrogens (tertiary/aromatic N) is 1. The predicted octanol–water partition coefficient (Wildman–Crippen LogP) is 0.564. The lowest BCUT2D eigenvalue weighted by Crippen LogP contribution is -2.26. The molecule has 0 radical (unpaired) electrons. The largest absolute Gasteiger partial charge is 0.300 e. The van der Waals surface area contributed by atoms with E-state index in [0.29, 0.717) is 12.5 Å². The van der Waals surface area contributed by atoms with Crippen LogP contribution in [0.1, 0.15) is 12.8 Å². The molecule has 0 aromatic heterocycles. The minimum Gasteiger partial charge on any atom is -0.195 e. The highest BCUT2D eigenvalue weighted by molar-refractivity contribution is 8.11. The van der Waals surface area contributed by atoms with E-state index >= 15 is 0 Å². The van der Waals surface area contributed by atoms with Crippen LogP contribution in [-0.2, 0) is 9.24 Å². The molecular weight excluding hydrogens is 174 g/mol. The van der Waals surface area contributed by atoms with E-state index in [1.165, 1.54) is 4.31 Å². The number of halogens is 1. The molecule has 0 aromatic carbocycles. The Bertz CT molecular complexity index is 250. The fourth-order valence-corrected chi connectivity index (χ4v) is 3.04. The Hall–Kier alpha value is 0.200. The van der Waals surface area contributed by atoms with Crippen LogP contribution < -0.4 is 0 Å². The number of piperidine rings is 1. The molecule has 1 heterocycles. The van der Waals surface area contributed by atoms with Crippen LogP contribution in [0.2, 0.25) is 0 Å². The van der Waals surface area contributed by atoms with Crippen molar-refractivity contribution in [3.63, 3.8) is 0 Å². The predicted molar refractivity (Wildman–Crippen MR) is 38.0 cm³/mol. The van der Waals surface area contributed by atoms with Crippen molar-refractivity contribution in [2.24, 2.45) is 5.92 Å². The van der Waals surface area contributed by atoms with E-state index in [4.69, 9.17) is 10.7 Å². The molecule has 1 saturated carbocycles. The van der Waals surface area contributed by atoms with Gasteiger partial charge in [0.15, 0.2) is 0 Å². The average molecular weight is 182 g/mol.